The largest absolute Gasteiger partial charge is 0.497 e. The molecule has 0 unspecified atom stereocenters. The molecule has 0 saturated heterocycles. The predicted molar refractivity (Wildman–Crippen MR) is 87.1 cm³/mol. The Morgan fingerprint density at radius 1 is 1.27 bits per heavy atom. The van der Waals surface area contributed by atoms with Crippen molar-refractivity contribution in [1.29, 1.82) is 0 Å². The first kappa shape index (κ1) is 16.1. The summed E-state index contributed by atoms with van der Waals surface area (Å²) in [5.41, 5.74) is 0.792. The third-order valence-corrected chi connectivity index (χ3v) is 3.65. The van der Waals surface area contributed by atoms with Crippen LogP contribution in [0.2, 0.25) is 0 Å². The van der Waals surface area contributed by atoms with Crippen LogP contribution in [0.25, 0.3) is 10.9 Å². The number of nitrogens with one attached hydrogen (secondary N) is 1. The number of benzene rings is 1. The topological polar surface area (TPSA) is 62.4 Å². The molecular formula is C17H22N2O3. The van der Waals surface area contributed by atoms with E-state index in [2.05, 4.69) is 4.98 Å². The van der Waals surface area contributed by atoms with Crippen molar-refractivity contribution in [2.24, 2.45) is 0 Å². The normalized spacial score (nSPS) is 11.5. The number of methoxy groups -OCH3 is 1. The summed E-state index contributed by atoms with van der Waals surface area (Å²) >= 11 is 0. The standard InChI is InChI=1S/C17H22N2O3/c1-11(20)19(17(2,3)4)10-13-8-12-9-14(22-5)6-7-15(12)18-16(13)21/h6-9H,10H2,1-5H3,(H,18,21). The van der Waals surface area contributed by atoms with Crippen LogP contribution < -0.4 is 10.3 Å². The van der Waals surface area contributed by atoms with Crippen LogP contribution in [0.1, 0.15) is 33.3 Å². The van der Waals surface area contributed by atoms with Gasteiger partial charge in [0.1, 0.15) is 5.75 Å². The van der Waals surface area contributed by atoms with E-state index in [0.717, 1.165) is 16.7 Å². The summed E-state index contributed by atoms with van der Waals surface area (Å²) in [5.74, 6) is 0.669. The van der Waals surface area contributed by atoms with Gasteiger partial charge in [0.25, 0.3) is 5.56 Å². The molecule has 0 bridgehead atoms. The summed E-state index contributed by atoms with van der Waals surface area (Å²) in [6.07, 6.45) is 0. The van der Waals surface area contributed by atoms with Crippen LogP contribution in [-0.2, 0) is 11.3 Å². The van der Waals surface area contributed by atoms with Crippen molar-refractivity contribution in [1.82, 2.24) is 9.88 Å². The molecule has 2 rings (SSSR count). The van der Waals surface area contributed by atoms with Crippen LogP contribution in [-0.4, -0.2) is 28.4 Å². The summed E-state index contributed by atoms with van der Waals surface area (Å²) < 4.78 is 5.21. The van der Waals surface area contributed by atoms with E-state index in [9.17, 15) is 9.59 Å². The van der Waals surface area contributed by atoms with Crippen LogP contribution in [0.4, 0.5) is 0 Å². The molecule has 0 fully saturated rings. The molecule has 5 heteroatoms. The van der Waals surface area contributed by atoms with Crippen molar-refractivity contribution in [3.05, 3.63) is 40.2 Å². The van der Waals surface area contributed by atoms with Crippen LogP contribution in [0.3, 0.4) is 0 Å². The van der Waals surface area contributed by atoms with Crippen LogP contribution in [0, 0.1) is 0 Å². The highest BCUT2D eigenvalue weighted by atomic mass is 16.5. The van der Waals surface area contributed by atoms with Crippen LogP contribution in [0.15, 0.2) is 29.1 Å². The van der Waals surface area contributed by atoms with Gasteiger partial charge in [-0.25, -0.2) is 0 Å². The fourth-order valence-corrected chi connectivity index (χ4v) is 2.47. The maximum Gasteiger partial charge on any atom is 0.253 e. The third-order valence-electron chi connectivity index (χ3n) is 3.65. The van der Waals surface area contributed by atoms with Gasteiger partial charge in [0.2, 0.25) is 5.91 Å². The molecule has 22 heavy (non-hydrogen) atoms. The lowest BCUT2D eigenvalue weighted by Gasteiger charge is -2.34. The minimum atomic E-state index is -0.346. The second-order valence-corrected chi connectivity index (χ2v) is 6.35. The fourth-order valence-electron chi connectivity index (χ4n) is 2.47. The van der Waals surface area contributed by atoms with Crippen molar-refractivity contribution < 1.29 is 9.53 Å². The van der Waals surface area contributed by atoms with E-state index >= 15 is 0 Å². The van der Waals surface area contributed by atoms with Gasteiger partial charge in [0.05, 0.1) is 13.7 Å². The number of aromatic nitrogens is 1. The highest BCUT2D eigenvalue weighted by molar-refractivity contribution is 5.80. The Kier molecular flexibility index (Phi) is 4.26. The zero-order valence-electron chi connectivity index (χ0n) is 13.7. The number of fused-ring (bicyclic) bond motifs is 1. The average Bonchev–Trinajstić information content (AvgIpc) is 2.42. The molecule has 1 aromatic carbocycles. The first-order chi connectivity index (χ1) is 10.2. The number of carbonyl (C=O) groups excluding carboxylic acids is 1. The van der Waals surface area contributed by atoms with Gasteiger partial charge in [-0.2, -0.15) is 0 Å². The molecule has 0 spiro atoms. The Morgan fingerprint density at radius 3 is 2.50 bits per heavy atom. The Bertz CT molecular complexity index is 757. The molecule has 1 N–H and O–H groups in total. The number of H-pyrrole nitrogens is 1. The summed E-state index contributed by atoms with van der Waals surface area (Å²) in [6.45, 7) is 7.65. The summed E-state index contributed by atoms with van der Waals surface area (Å²) in [7, 11) is 1.60. The van der Waals surface area contributed by atoms with Gasteiger partial charge in [0, 0.05) is 28.9 Å². The molecule has 1 amide bonds. The number of ether oxygens (including phenoxy) is 1. The number of rotatable bonds is 3. The number of pyridine rings is 1. The Labute approximate surface area is 129 Å². The quantitative estimate of drug-likeness (QED) is 0.948. The van der Waals surface area contributed by atoms with E-state index in [1.54, 1.807) is 18.1 Å². The Balaban J connectivity index is 2.48. The number of aromatic amines is 1. The predicted octanol–water partition coefficient (Wildman–Crippen LogP) is 2.68. The molecule has 0 aliphatic heterocycles. The van der Waals surface area contributed by atoms with Crippen molar-refractivity contribution in [3.63, 3.8) is 0 Å². The first-order valence-corrected chi connectivity index (χ1v) is 7.20. The second kappa shape index (κ2) is 5.83. The van der Waals surface area contributed by atoms with E-state index in [0.29, 0.717) is 5.56 Å². The van der Waals surface area contributed by atoms with Gasteiger partial charge in [-0.15, -0.1) is 0 Å². The molecule has 0 aliphatic carbocycles. The molecule has 1 aromatic heterocycles. The maximum atomic E-state index is 12.2. The molecule has 0 radical (unpaired) electrons. The second-order valence-electron chi connectivity index (χ2n) is 6.35. The molecule has 1 heterocycles. The molecule has 0 saturated carbocycles. The lowest BCUT2D eigenvalue weighted by Crippen LogP contribution is -2.44. The van der Waals surface area contributed by atoms with Gasteiger partial charge in [-0.1, -0.05) is 0 Å². The van der Waals surface area contributed by atoms with Gasteiger partial charge < -0.3 is 14.6 Å². The van der Waals surface area contributed by atoms with Gasteiger partial charge in [0.15, 0.2) is 0 Å². The summed E-state index contributed by atoms with van der Waals surface area (Å²) in [4.78, 5) is 28.7. The maximum absolute atomic E-state index is 12.2. The zero-order chi connectivity index (χ0) is 16.5. The van der Waals surface area contributed by atoms with E-state index in [-0.39, 0.29) is 23.6 Å². The molecular weight excluding hydrogens is 280 g/mol. The number of nitrogens with zero attached hydrogens (tertiary/aromatic N) is 1. The number of hydrogen-bond donors (Lipinski definition) is 1. The number of amides is 1. The summed E-state index contributed by atoms with van der Waals surface area (Å²) in [5, 5.41) is 0.881. The Hall–Kier alpha value is -2.30. The van der Waals surface area contributed by atoms with Crippen molar-refractivity contribution >= 4 is 16.8 Å². The van der Waals surface area contributed by atoms with E-state index in [1.807, 2.05) is 39.0 Å². The monoisotopic (exact) mass is 302 g/mol. The molecule has 118 valence electrons. The molecule has 0 atom stereocenters. The Morgan fingerprint density at radius 2 is 1.95 bits per heavy atom. The third kappa shape index (κ3) is 3.30. The molecule has 5 nitrogen and oxygen atoms in total. The van der Waals surface area contributed by atoms with E-state index in [1.165, 1.54) is 6.92 Å². The van der Waals surface area contributed by atoms with E-state index in [4.69, 9.17) is 4.74 Å². The van der Waals surface area contributed by atoms with Crippen LogP contribution >= 0.6 is 0 Å². The van der Waals surface area contributed by atoms with Gasteiger partial charge in [-0.3, -0.25) is 9.59 Å². The van der Waals surface area contributed by atoms with Crippen molar-refractivity contribution in [3.8, 4) is 5.75 Å². The number of carbonyl (C=O) groups is 1. The van der Waals surface area contributed by atoms with Crippen molar-refractivity contribution in [2.75, 3.05) is 7.11 Å². The van der Waals surface area contributed by atoms with Gasteiger partial charge >= 0.3 is 0 Å². The molecule has 2 aromatic rings. The first-order valence-electron chi connectivity index (χ1n) is 7.20. The van der Waals surface area contributed by atoms with E-state index < -0.39 is 0 Å². The lowest BCUT2D eigenvalue weighted by atomic mass is 10.0. The van der Waals surface area contributed by atoms with Crippen LogP contribution in [0.5, 0.6) is 5.75 Å². The highest BCUT2D eigenvalue weighted by Crippen LogP contribution is 2.21. The fraction of sp³-hybridized carbons (Fsp3) is 0.412. The van der Waals surface area contributed by atoms with Crippen molar-refractivity contribution in [2.45, 2.75) is 39.8 Å². The molecule has 0 aliphatic rings. The van der Waals surface area contributed by atoms with Gasteiger partial charge in [-0.05, 0) is 45.0 Å². The minimum absolute atomic E-state index is 0.0577. The zero-order valence-corrected chi connectivity index (χ0v) is 13.7. The minimum Gasteiger partial charge on any atom is -0.497 e. The number of hydrogen-bond acceptors (Lipinski definition) is 3. The smallest absolute Gasteiger partial charge is 0.253 e. The highest BCUT2D eigenvalue weighted by Gasteiger charge is 2.24. The average molecular weight is 302 g/mol. The summed E-state index contributed by atoms with van der Waals surface area (Å²) in [6, 6.07) is 7.29. The lowest BCUT2D eigenvalue weighted by molar-refractivity contribution is -0.134. The SMILES string of the molecule is COc1ccc2[nH]c(=O)c(CN(C(C)=O)C(C)(C)C)cc2c1.